The number of carbonyl (C=O) groups excluding carboxylic acids is 1. The second kappa shape index (κ2) is 9.57. The molecule has 0 bridgehead atoms. The summed E-state index contributed by atoms with van der Waals surface area (Å²) in [6.45, 7) is 0.857. The smallest absolute Gasteiger partial charge is 0.343 e. The molecule has 2 atom stereocenters. The standard InChI is InChI=1S/C30H32N2O7/c1-31(2)17-9-7-16(8-10-17)21-18-13-14-32(3)24(22(18)27(36-6)29-28(21)37-15-38-29)25-19-11-12-20(34-4)26(35-5)23(19)30(33)39-25/h7-12,24-25H,13-15H2,1-6H3/t24-,25+/m1/s1. The molecule has 204 valence electrons. The molecule has 0 N–H and O–H groups in total. The number of likely N-dealkylation sites (N-methyl/N-ethyl adjacent to an activating group) is 1. The summed E-state index contributed by atoms with van der Waals surface area (Å²) in [5.74, 6) is 2.27. The molecule has 0 fully saturated rings. The Morgan fingerprint density at radius 2 is 1.62 bits per heavy atom. The Labute approximate surface area is 227 Å². The molecule has 3 aromatic carbocycles. The van der Waals surface area contributed by atoms with E-state index in [9.17, 15) is 4.79 Å². The number of ether oxygens (including phenoxy) is 6. The molecular formula is C30H32N2O7. The minimum atomic E-state index is -0.588. The van der Waals surface area contributed by atoms with E-state index in [-0.39, 0.29) is 12.8 Å². The maximum absolute atomic E-state index is 13.2. The van der Waals surface area contributed by atoms with Gasteiger partial charge in [0.2, 0.25) is 12.5 Å². The molecule has 9 nitrogen and oxygen atoms in total. The summed E-state index contributed by atoms with van der Waals surface area (Å²) >= 11 is 0. The predicted octanol–water partition coefficient (Wildman–Crippen LogP) is 4.61. The number of fused-ring (bicyclic) bond motifs is 3. The average Bonchev–Trinajstić information content (AvgIpc) is 3.56. The lowest BCUT2D eigenvalue weighted by Gasteiger charge is -2.39. The van der Waals surface area contributed by atoms with Gasteiger partial charge in [0.15, 0.2) is 23.0 Å². The van der Waals surface area contributed by atoms with Crippen molar-refractivity contribution in [3.8, 4) is 39.9 Å². The van der Waals surface area contributed by atoms with Crippen molar-refractivity contribution in [2.24, 2.45) is 0 Å². The van der Waals surface area contributed by atoms with E-state index in [4.69, 9.17) is 28.4 Å². The molecule has 9 heteroatoms. The van der Waals surface area contributed by atoms with E-state index < -0.39 is 12.1 Å². The topological polar surface area (TPSA) is 78.9 Å². The van der Waals surface area contributed by atoms with E-state index in [0.717, 1.165) is 46.5 Å². The zero-order valence-corrected chi connectivity index (χ0v) is 23.0. The van der Waals surface area contributed by atoms with E-state index in [2.05, 4.69) is 34.1 Å². The Hall–Kier alpha value is -4.11. The third-order valence-electron chi connectivity index (χ3n) is 7.89. The number of esters is 1. The van der Waals surface area contributed by atoms with Gasteiger partial charge in [-0.25, -0.2) is 4.79 Å². The molecule has 0 aromatic heterocycles. The van der Waals surface area contributed by atoms with Crippen LogP contribution in [0.5, 0.6) is 28.7 Å². The van der Waals surface area contributed by atoms with E-state index >= 15 is 0 Å². The Morgan fingerprint density at radius 3 is 2.28 bits per heavy atom. The van der Waals surface area contributed by atoms with Gasteiger partial charge in [0, 0.05) is 43.0 Å². The van der Waals surface area contributed by atoms with Crippen LogP contribution in [-0.4, -0.2) is 66.7 Å². The summed E-state index contributed by atoms with van der Waals surface area (Å²) in [6.07, 6.45) is 0.175. The van der Waals surface area contributed by atoms with Gasteiger partial charge in [-0.05, 0) is 42.8 Å². The molecule has 0 saturated carbocycles. The van der Waals surface area contributed by atoms with Crippen molar-refractivity contribution in [3.63, 3.8) is 0 Å². The lowest BCUT2D eigenvalue weighted by Crippen LogP contribution is -2.36. The number of carbonyl (C=O) groups is 1. The second-order valence-electron chi connectivity index (χ2n) is 10.1. The highest BCUT2D eigenvalue weighted by atomic mass is 16.7. The van der Waals surface area contributed by atoms with Crippen LogP contribution >= 0.6 is 0 Å². The third kappa shape index (κ3) is 3.75. The molecule has 0 aliphatic carbocycles. The van der Waals surface area contributed by atoms with Crippen LogP contribution in [-0.2, 0) is 11.2 Å². The molecule has 0 saturated heterocycles. The first-order valence-corrected chi connectivity index (χ1v) is 12.9. The molecule has 0 amide bonds. The Balaban J connectivity index is 1.57. The van der Waals surface area contributed by atoms with Gasteiger partial charge in [-0.1, -0.05) is 18.2 Å². The zero-order chi connectivity index (χ0) is 27.4. The minimum Gasteiger partial charge on any atom is -0.493 e. The summed E-state index contributed by atoms with van der Waals surface area (Å²) in [7, 11) is 10.8. The van der Waals surface area contributed by atoms with Gasteiger partial charge in [0.25, 0.3) is 0 Å². The molecule has 39 heavy (non-hydrogen) atoms. The fourth-order valence-electron chi connectivity index (χ4n) is 6.06. The van der Waals surface area contributed by atoms with Gasteiger partial charge in [-0.2, -0.15) is 0 Å². The van der Waals surface area contributed by atoms with Crippen LogP contribution in [0.4, 0.5) is 5.69 Å². The number of nitrogens with zero attached hydrogens (tertiary/aromatic N) is 2. The molecule has 6 rings (SSSR count). The summed E-state index contributed by atoms with van der Waals surface area (Å²) in [5.41, 5.74) is 6.29. The first-order chi connectivity index (χ1) is 18.9. The van der Waals surface area contributed by atoms with Gasteiger partial charge >= 0.3 is 5.97 Å². The van der Waals surface area contributed by atoms with E-state index in [1.165, 1.54) is 7.11 Å². The van der Waals surface area contributed by atoms with E-state index in [0.29, 0.717) is 34.3 Å². The summed E-state index contributed by atoms with van der Waals surface area (Å²) in [4.78, 5) is 17.5. The molecule has 3 heterocycles. The molecule has 0 unspecified atom stereocenters. The Morgan fingerprint density at radius 1 is 0.897 bits per heavy atom. The van der Waals surface area contributed by atoms with Crippen molar-refractivity contribution < 1.29 is 33.2 Å². The van der Waals surface area contributed by atoms with Gasteiger partial charge in [-0.3, -0.25) is 4.90 Å². The van der Waals surface area contributed by atoms with Crippen molar-refractivity contribution in [2.75, 3.05) is 60.7 Å². The lowest BCUT2D eigenvalue weighted by atomic mass is 9.81. The van der Waals surface area contributed by atoms with Gasteiger partial charge < -0.3 is 33.3 Å². The van der Waals surface area contributed by atoms with Crippen LogP contribution in [0.3, 0.4) is 0 Å². The predicted molar refractivity (Wildman–Crippen MR) is 146 cm³/mol. The first kappa shape index (κ1) is 25.2. The molecule has 3 aliphatic heterocycles. The summed E-state index contributed by atoms with van der Waals surface area (Å²) in [5, 5.41) is 0. The van der Waals surface area contributed by atoms with Gasteiger partial charge in [-0.15, -0.1) is 0 Å². The van der Waals surface area contributed by atoms with Crippen LogP contribution in [0.1, 0.15) is 39.2 Å². The van der Waals surface area contributed by atoms with Gasteiger partial charge in [0.1, 0.15) is 11.7 Å². The molecule has 3 aliphatic rings. The number of rotatable bonds is 6. The monoisotopic (exact) mass is 532 g/mol. The third-order valence-corrected chi connectivity index (χ3v) is 7.89. The van der Waals surface area contributed by atoms with Crippen LogP contribution < -0.4 is 28.6 Å². The number of cyclic esters (lactones) is 1. The van der Waals surface area contributed by atoms with Crippen molar-refractivity contribution in [2.45, 2.75) is 18.6 Å². The molecule has 0 spiro atoms. The van der Waals surface area contributed by atoms with Gasteiger partial charge in [0.05, 0.1) is 27.4 Å². The van der Waals surface area contributed by atoms with Crippen LogP contribution in [0.25, 0.3) is 11.1 Å². The number of hydrogen-bond donors (Lipinski definition) is 0. The van der Waals surface area contributed by atoms with Crippen LogP contribution in [0.2, 0.25) is 0 Å². The molecule has 0 radical (unpaired) electrons. The first-order valence-electron chi connectivity index (χ1n) is 12.9. The van der Waals surface area contributed by atoms with Crippen LogP contribution in [0, 0.1) is 0 Å². The fraction of sp³-hybridized carbons (Fsp3) is 0.367. The largest absolute Gasteiger partial charge is 0.493 e. The van der Waals surface area contributed by atoms with E-state index in [1.54, 1.807) is 14.2 Å². The average molecular weight is 533 g/mol. The molecular weight excluding hydrogens is 500 g/mol. The lowest BCUT2D eigenvalue weighted by molar-refractivity contribution is 0.00877. The van der Waals surface area contributed by atoms with Crippen molar-refractivity contribution in [1.29, 1.82) is 0 Å². The maximum Gasteiger partial charge on any atom is 0.343 e. The Kier molecular flexibility index (Phi) is 6.18. The summed E-state index contributed by atoms with van der Waals surface area (Å²) in [6, 6.07) is 11.8. The number of anilines is 1. The highest BCUT2D eigenvalue weighted by Gasteiger charge is 2.47. The van der Waals surface area contributed by atoms with Crippen molar-refractivity contribution in [1.82, 2.24) is 4.90 Å². The van der Waals surface area contributed by atoms with Crippen molar-refractivity contribution >= 4 is 11.7 Å². The SMILES string of the molecule is COc1ccc2c(c1OC)C(=O)O[C@@H]2[C@H]1c2c(c(-c3ccc(N(C)C)cc3)c3c(c2OC)OCO3)CCN1C. The fourth-order valence-corrected chi connectivity index (χ4v) is 6.06. The van der Waals surface area contributed by atoms with Crippen LogP contribution in [0.15, 0.2) is 36.4 Å². The number of methoxy groups -OCH3 is 3. The quantitative estimate of drug-likeness (QED) is 0.423. The highest BCUT2D eigenvalue weighted by Crippen LogP contribution is 2.58. The molecule has 3 aromatic rings. The summed E-state index contributed by atoms with van der Waals surface area (Å²) < 4.78 is 35.2. The minimum absolute atomic E-state index is 0.107. The highest BCUT2D eigenvalue weighted by molar-refractivity contribution is 5.98. The maximum atomic E-state index is 13.2. The van der Waals surface area contributed by atoms with E-state index in [1.807, 2.05) is 33.3 Å². The number of hydrogen-bond acceptors (Lipinski definition) is 9. The zero-order valence-electron chi connectivity index (χ0n) is 23.0. The number of benzene rings is 3. The normalized spacial score (nSPS) is 19.3. The van der Waals surface area contributed by atoms with Crippen molar-refractivity contribution in [3.05, 3.63) is 58.7 Å². The Bertz CT molecular complexity index is 1450. The second-order valence-corrected chi connectivity index (χ2v) is 10.1.